The highest BCUT2D eigenvalue weighted by Crippen LogP contribution is 2.34. The molecule has 0 amide bonds. The van der Waals surface area contributed by atoms with Crippen LogP contribution >= 0.6 is 11.8 Å². The van der Waals surface area contributed by atoms with Gasteiger partial charge in [-0.1, -0.05) is 6.07 Å². The molecule has 0 bridgehead atoms. The Morgan fingerprint density at radius 2 is 2.00 bits per heavy atom. The molecule has 0 saturated carbocycles. The van der Waals surface area contributed by atoms with Crippen LogP contribution in [0.5, 0.6) is 5.75 Å². The molecule has 18 heavy (non-hydrogen) atoms. The molecule has 0 aliphatic carbocycles. The molecule has 0 saturated heterocycles. The van der Waals surface area contributed by atoms with E-state index in [1.54, 1.807) is 0 Å². The number of alkyl halides is 3. The Morgan fingerprint density at radius 1 is 1.33 bits per heavy atom. The molecule has 0 aliphatic rings. The van der Waals surface area contributed by atoms with E-state index >= 15 is 0 Å². The first kappa shape index (κ1) is 14.7. The molecule has 100 valence electrons. The van der Waals surface area contributed by atoms with Gasteiger partial charge in [-0.05, 0) is 29.5 Å². The molecule has 1 aromatic rings. The lowest BCUT2D eigenvalue weighted by Crippen LogP contribution is -2.05. The van der Waals surface area contributed by atoms with E-state index in [1.807, 2.05) is 0 Å². The molecule has 0 radical (unpaired) electrons. The Morgan fingerprint density at radius 3 is 2.50 bits per heavy atom. The van der Waals surface area contributed by atoms with Crippen LogP contribution in [0.1, 0.15) is 15.9 Å². The van der Waals surface area contributed by atoms with Gasteiger partial charge < -0.3 is 9.47 Å². The Balaban J connectivity index is 2.88. The summed E-state index contributed by atoms with van der Waals surface area (Å²) in [6.07, 6.45) is 0. The average Bonchev–Trinajstić information content (AvgIpc) is 2.34. The molecule has 0 atom stereocenters. The van der Waals surface area contributed by atoms with Gasteiger partial charge in [-0.2, -0.15) is 13.2 Å². The number of hydrogen-bond acceptors (Lipinski definition) is 4. The minimum absolute atomic E-state index is 0.146. The lowest BCUT2D eigenvalue weighted by Gasteiger charge is -2.10. The third-order valence-electron chi connectivity index (χ3n) is 2.07. The van der Waals surface area contributed by atoms with Crippen molar-refractivity contribution in [3.8, 4) is 5.75 Å². The van der Waals surface area contributed by atoms with Crippen molar-refractivity contribution in [1.29, 1.82) is 0 Å². The van der Waals surface area contributed by atoms with Gasteiger partial charge in [0, 0.05) is 5.75 Å². The van der Waals surface area contributed by atoms with Gasteiger partial charge >= 0.3 is 11.5 Å². The predicted molar refractivity (Wildman–Crippen MR) is 61.7 cm³/mol. The topological polar surface area (TPSA) is 35.5 Å². The van der Waals surface area contributed by atoms with E-state index < -0.39 is 11.5 Å². The van der Waals surface area contributed by atoms with Gasteiger partial charge in [0.25, 0.3) is 0 Å². The lowest BCUT2D eigenvalue weighted by molar-refractivity contribution is -0.0329. The second-order valence-corrected chi connectivity index (χ2v) is 4.30. The van der Waals surface area contributed by atoms with E-state index in [0.717, 1.165) is 0 Å². The fraction of sp³-hybridized carbons (Fsp3) is 0.364. The number of halogens is 3. The summed E-state index contributed by atoms with van der Waals surface area (Å²) in [4.78, 5) is 11.3. The van der Waals surface area contributed by atoms with Crippen LogP contribution in [0.3, 0.4) is 0 Å². The van der Waals surface area contributed by atoms with Gasteiger partial charge in [0.05, 0.1) is 14.2 Å². The van der Waals surface area contributed by atoms with Crippen LogP contribution < -0.4 is 4.74 Å². The van der Waals surface area contributed by atoms with Crippen molar-refractivity contribution in [2.45, 2.75) is 11.3 Å². The monoisotopic (exact) mass is 280 g/mol. The van der Waals surface area contributed by atoms with Gasteiger partial charge in [0.2, 0.25) is 0 Å². The smallest absolute Gasteiger partial charge is 0.442 e. The molecular formula is C11H11F3O3S. The first-order valence-corrected chi connectivity index (χ1v) is 5.82. The normalized spacial score (nSPS) is 11.2. The van der Waals surface area contributed by atoms with Gasteiger partial charge in [-0.25, -0.2) is 4.79 Å². The van der Waals surface area contributed by atoms with Crippen LogP contribution in [0.25, 0.3) is 0 Å². The highest BCUT2D eigenvalue weighted by Gasteiger charge is 2.28. The van der Waals surface area contributed by atoms with Gasteiger partial charge in [-0.3, -0.25) is 0 Å². The zero-order chi connectivity index (χ0) is 13.8. The summed E-state index contributed by atoms with van der Waals surface area (Å²) >= 11 is -0.146. The quantitative estimate of drug-likeness (QED) is 0.793. The maximum absolute atomic E-state index is 12.0. The number of carbonyl (C=O) groups excluding carboxylic acids is 1. The second-order valence-electron chi connectivity index (χ2n) is 3.26. The average molecular weight is 280 g/mol. The summed E-state index contributed by atoms with van der Waals surface area (Å²) < 4.78 is 45.6. The number of ether oxygens (including phenoxy) is 2. The molecule has 0 aliphatic heterocycles. The Kier molecular flexibility index (Phi) is 4.89. The van der Waals surface area contributed by atoms with Crippen LogP contribution in [-0.2, 0) is 10.5 Å². The summed E-state index contributed by atoms with van der Waals surface area (Å²) in [5, 5.41) is 0. The summed E-state index contributed by atoms with van der Waals surface area (Å²) in [5.74, 6) is -0.634. The van der Waals surface area contributed by atoms with Crippen molar-refractivity contribution in [3.05, 3.63) is 29.3 Å². The zero-order valence-corrected chi connectivity index (χ0v) is 10.5. The van der Waals surface area contributed by atoms with E-state index in [9.17, 15) is 18.0 Å². The van der Waals surface area contributed by atoms with Crippen molar-refractivity contribution >= 4 is 17.7 Å². The molecule has 7 heteroatoms. The number of benzene rings is 1. The van der Waals surface area contributed by atoms with Crippen LogP contribution in [0.15, 0.2) is 18.2 Å². The molecule has 0 aromatic heterocycles. The number of esters is 1. The van der Waals surface area contributed by atoms with Gasteiger partial charge in [-0.15, -0.1) is 0 Å². The highest BCUT2D eigenvalue weighted by atomic mass is 32.2. The number of methoxy groups -OCH3 is 2. The largest absolute Gasteiger partial charge is 0.496 e. The van der Waals surface area contributed by atoms with Crippen molar-refractivity contribution in [3.63, 3.8) is 0 Å². The molecule has 0 unspecified atom stereocenters. The molecule has 0 spiro atoms. The Hall–Kier alpha value is -1.37. The molecule has 3 nitrogen and oxygen atoms in total. The number of hydrogen-bond donors (Lipinski definition) is 0. The molecule has 1 rings (SSSR count). The van der Waals surface area contributed by atoms with Crippen molar-refractivity contribution < 1.29 is 27.4 Å². The highest BCUT2D eigenvalue weighted by molar-refractivity contribution is 7.99. The summed E-state index contributed by atoms with van der Waals surface area (Å²) in [7, 11) is 2.55. The van der Waals surface area contributed by atoms with Crippen LogP contribution in [-0.4, -0.2) is 25.7 Å². The first-order valence-electron chi connectivity index (χ1n) is 4.83. The van der Waals surface area contributed by atoms with E-state index in [-0.39, 0.29) is 28.8 Å². The summed E-state index contributed by atoms with van der Waals surface area (Å²) in [6, 6.07) is 4.22. The van der Waals surface area contributed by atoms with Crippen molar-refractivity contribution in [2.24, 2.45) is 0 Å². The van der Waals surface area contributed by atoms with E-state index in [2.05, 4.69) is 4.74 Å². The number of rotatable bonds is 4. The molecule has 0 heterocycles. The molecule has 0 N–H and O–H groups in total. The van der Waals surface area contributed by atoms with E-state index in [4.69, 9.17) is 4.74 Å². The Labute approximate surface area is 106 Å². The zero-order valence-electron chi connectivity index (χ0n) is 9.71. The fourth-order valence-electron chi connectivity index (χ4n) is 1.27. The summed E-state index contributed by atoms with van der Waals surface area (Å²) in [5.41, 5.74) is -3.68. The Bertz CT molecular complexity index is 432. The standard InChI is InChI=1S/C11H11F3O3S/c1-16-9-5-7(6-18-11(12,13)14)3-4-8(9)10(15)17-2/h3-5H,6H2,1-2H3. The first-order chi connectivity index (χ1) is 8.37. The van der Waals surface area contributed by atoms with E-state index in [1.165, 1.54) is 32.4 Å². The third-order valence-corrected chi connectivity index (χ3v) is 2.88. The van der Waals surface area contributed by atoms with Crippen LogP contribution in [0.2, 0.25) is 0 Å². The van der Waals surface area contributed by atoms with Gasteiger partial charge in [0.1, 0.15) is 11.3 Å². The predicted octanol–water partition coefficient (Wildman–Crippen LogP) is 3.23. The summed E-state index contributed by atoms with van der Waals surface area (Å²) in [6.45, 7) is 0. The number of thioether (sulfide) groups is 1. The van der Waals surface area contributed by atoms with Crippen molar-refractivity contribution in [2.75, 3.05) is 14.2 Å². The molecular weight excluding hydrogens is 269 g/mol. The minimum Gasteiger partial charge on any atom is -0.496 e. The third kappa shape index (κ3) is 4.14. The number of carbonyl (C=O) groups is 1. The minimum atomic E-state index is -4.28. The second kappa shape index (κ2) is 5.99. The molecule has 0 fully saturated rings. The van der Waals surface area contributed by atoms with Crippen LogP contribution in [0.4, 0.5) is 13.2 Å². The van der Waals surface area contributed by atoms with E-state index in [0.29, 0.717) is 5.56 Å². The lowest BCUT2D eigenvalue weighted by atomic mass is 10.1. The van der Waals surface area contributed by atoms with Gasteiger partial charge in [0.15, 0.2) is 0 Å². The maximum atomic E-state index is 12.0. The SMILES string of the molecule is COC(=O)c1ccc(CSC(F)(F)F)cc1OC. The molecule has 1 aromatic carbocycles. The maximum Gasteiger partial charge on any atom is 0.442 e. The fourth-order valence-corrected chi connectivity index (χ4v) is 1.78. The van der Waals surface area contributed by atoms with Crippen molar-refractivity contribution in [1.82, 2.24) is 0 Å². The van der Waals surface area contributed by atoms with Crippen LogP contribution in [0, 0.1) is 0 Å².